The van der Waals surface area contributed by atoms with E-state index < -0.39 is 23.8 Å². The van der Waals surface area contributed by atoms with Crippen LogP contribution >= 0.6 is 0 Å². The van der Waals surface area contributed by atoms with Crippen LogP contribution in [0.1, 0.15) is 16.8 Å². The van der Waals surface area contributed by atoms with Crippen molar-refractivity contribution in [3.63, 3.8) is 0 Å². The molecule has 1 fully saturated rings. The summed E-state index contributed by atoms with van der Waals surface area (Å²) in [7, 11) is 0. The number of ether oxygens (including phenoxy) is 1. The quantitative estimate of drug-likeness (QED) is 0.698. The molecule has 0 aliphatic carbocycles. The predicted molar refractivity (Wildman–Crippen MR) is 108 cm³/mol. The molecule has 1 aliphatic heterocycles. The maximum absolute atomic E-state index is 14.9. The fourth-order valence-corrected chi connectivity index (χ4v) is 3.76. The summed E-state index contributed by atoms with van der Waals surface area (Å²) in [4.78, 5) is 17.1. The average Bonchev–Trinajstić information content (AvgIpc) is 3.04. The number of carboxylic acid groups (broad SMARTS) is 1. The molecule has 8 heteroatoms. The van der Waals surface area contributed by atoms with Crippen LogP contribution in [0, 0.1) is 18.6 Å². The van der Waals surface area contributed by atoms with Gasteiger partial charge in [0.05, 0.1) is 36.2 Å². The van der Waals surface area contributed by atoms with Crippen LogP contribution in [-0.2, 0) is 11.2 Å². The van der Waals surface area contributed by atoms with Crippen molar-refractivity contribution in [1.82, 2.24) is 14.3 Å². The van der Waals surface area contributed by atoms with Crippen molar-refractivity contribution in [3.8, 4) is 11.3 Å². The number of pyridine rings is 1. The van der Waals surface area contributed by atoms with Gasteiger partial charge < -0.3 is 19.1 Å². The zero-order valence-electron chi connectivity index (χ0n) is 16.4. The van der Waals surface area contributed by atoms with Gasteiger partial charge in [0, 0.05) is 19.2 Å². The van der Waals surface area contributed by atoms with Gasteiger partial charge in [-0.3, -0.25) is 0 Å². The molecule has 0 unspecified atom stereocenters. The molecule has 0 radical (unpaired) electrons. The van der Waals surface area contributed by atoms with Gasteiger partial charge in [-0.1, -0.05) is 12.7 Å². The molecule has 1 aromatic carbocycles. The van der Waals surface area contributed by atoms with E-state index in [4.69, 9.17) is 4.74 Å². The van der Waals surface area contributed by atoms with E-state index >= 15 is 0 Å². The third kappa shape index (κ3) is 3.66. The first-order valence-corrected chi connectivity index (χ1v) is 9.56. The number of amides is 1. The number of rotatable bonds is 4. The number of hydrogen-bond acceptors (Lipinski definition) is 3. The van der Waals surface area contributed by atoms with Crippen molar-refractivity contribution >= 4 is 17.8 Å². The first-order chi connectivity index (χ1) is 14.4. The lowest BCUT2D eigenvalue weighted by Gasteiger charge is -2.31. The molecule has 1 atom stereocenters. The van der Waals surface area contributed by atoms with E-state index in [0.717, 1.165) is 5.56 Å². The predicted octanol–water partition coefficient (Wildman–Crippen LogP) is 4.15. The van der Waals surface area contributed by atoms with Gasteiger partial charge in [0.1, 0.15) is 17.3 Å². The molecule has 3 heterocycles. The number of carbonyl (C=O) groups is 1. The number of benzene rings is 1. The molecule has 1 aliphatic rings. The van der Waals surface area contributed by atoms with Crippen LogP contribution in [-0.4, -0.2) is 51.3 Å². The van der Waals surface area contributed by atoms with Gasteiger partial charge >= 0.3 is 6.09 Å². The number of morpholine rings is 1. The minimum absolute atomic E-state index is 0.175. The Hall–Kier alpha value is -3.26. The number of fused-ring (bicyclic) bond motifs is 1. The van der Waals surface area contributed by atoms with E-state index in [0.29, 0.717) is 16.9 Å². The van der Waals surface area contributed by atoms with Crippen molar-refractivity contribution in [3.05, 3.63) is 65.5 Å². The lowest BCUT2D eigenvalue weighted by Crippen LogP contribution is -2.45. The highest BCUT2D eigenvalue weighted by atomic mass is 19.1. The van der Waals surface area contributed by atoms with E-state index in [1.807, 2.05) is 19.1 Å². The summed E-state index contributed by atoms with van der Waals surface area (Å²) in [5.41, 5.74) is 2.37. The summed E-state index contributed by atoms with van der Waals surface area (Å²) >= 11 is 0. The standard InChI is InChI=1S/C22H21F2N3O3/c1-3-14-9-16(23)20(17(24)10-14)21-18(27-5-4-13(2)8-19(27)25-21)11-15-12-26(22(28)29)6-7-30-15/h3-5,8-10,15H,1,6-7,11-12H2,2H3,(H,28,29)/t15-/m0/s1. The van der Waals surface area contributed by atoms with Crippen LogP contribution in [0.25, 0.3) is 23.0 Å². The molecule has 0 saturated carbocycles. The van der Waals surface area contributed by atoms with E-state index in [2.05, 4.69) is 11.6 Å². The third-order valence-corrected chi connectivity index (χ3v) is 5.25. The van der Waals surface area contributed by atoms with Gasteiger partial charge in [0.2, 0.25) is 0 Å². The smallest absolute Gasteiger partial charge is 0.407 e. The summed E-state index contributed by atoms with van der Waals surface area (Å²) in [5, 5.41) is 9.28. The van der Waals surface area contributed by atoms with Crippen molar-refractivity contribution in [2.45, 2.75) is 19.4 Å². The Bertz CT molecular complexity index is 1120. The molecule has 30 heavy (non-hydrogen) atoms. The first-order valence-electron chi connectivity index (χ1n) is 9.56. The van der Waals surface area contributed by atoms with Gasteiger partial charge in [-0.05, 0) is 42.3 Å². The monoisotopic (exact) mass is 413 g/mol. The van der Waals surface area contributed by atoms with Gasteiger partial charge in [-0.15, -0.1) is 0 Å². The van der Waals surface area contributed by atoms with Crippen molar-refractivity contribution in [2.24, 2.45) is 0 Å². The number of aromatic nitrogens is 2. The van der Waals surface area contributed by atoms with Gasteiger partial charge in [-0.2, -0.15) is 0 Å². The SMILES string of the molecule is C=Cc1cc(F)c(-c2nc3cc(C)ccn3c2C[C@H]2CN(C(=O)O)CCO2)c(F)c1. The van der Waals surface area contributed by atoms with Crippen LogP contribution in [0.4, 0.5) is 13.6 Å². The van der Waals surface area contributed by atoms with Crippen LogP contribution in [0.2, 0.25) is 0 Å². The first kappa shape index (κ1) is 20.0. The Kier molecular flexibility index (Phi) is 5.26. The number of aryl methyl sites for hydroxylation is 1. The molecule has 156 valence electrons. The molecule has 1 N–H and O–H groups in total. The maximum atomic E-state index is 14.9. The van der Waals surface area contributed by atoms with E-state index in [9.17, 15) is 18.7 Å². The Morgan fingerprint density at radius 3 is 2.77 bits per heavy atom. The molecular weight excluding hydrogens is 392 g/mol. The van der Waals surface area contributed by atoms with Gasteiger partial charge in [-0.25, -0.2) is 18.6 Å². The Labute approximate surface area is 172 Å². The highest BCUT2D eigenvalue weighted by Gasteiger charge is 2.28. The zero-order valence-corrected chi connectivity index (χ0v) is 16.4. The fraction of sp³-hybridized carbons (Fsp3) is 0.273. The number of halogens is 2. The van der Waals surface area contributed by atoms with Crippen LogP contribution in [0.3, 0.4) is 0 Å². The molecule has 1 saturated heterocycles. The largest absolute Gasteiger partial charge is 0.465 e. The van der Waals surface area contributed by atoms with Crippen molar-refractivity contribution in [1.29, 1.82) is 0 Å². The Balaban J connectivity index is 1.83. The zero-order chi connectivity index (χ0) is 21.4. The molecule has 3 aromatic rings. The van der Waals surface area contributed by atoms with Gasteiger partial charge in [0.15, 0.2) is 0 Å². The molecule has 0 spiro atoms. The van der Waals surface area contributed by atoms with Crippen LogP contribution in [0.5, 0.6) is 0 Å². The van der Waals surface area contributed by atoms with Crippen molar-refractivity contribution in [2.75, 3.05) is 19.7 Å². The maximum Gasteiger partial charge on any atom is 0.407 e. The van der Waals surface area contributed by atoms with Crippen molar-refractivity contribution < 1.29 is 23.4 Å². The van der Waals surface area contributed by atoms with E-state index in [1.54, 1.807) is 10.6 Å². The molecule has 1 amide bonds. The minimum atomic E-state index is -1.02. The van der Waals surface area contributed by atoms with E-state index in [1.165, 1.54) is 23.1 Å². The normalized spacial score (nSPS) is 16.8. The highest BCUT2D eigenvalue weighted by molar-refractivity contribution is 5.70. The van der Waals surface area contributed by atoms with Gasteiger partial charge in [0.25, 0.3) is 0 Å². The molecule has 2 aromatic heterocycles. The summed E-state index contributed by atoms with van der Waals surface area (Å²) < 4.78 is 37.2. The molecule has 6 nitrogen and oxygen atoms in total. The minimum Gasteiger partial charge on any atom is -0.465 e. The third-order valence-electron chi connectivity index (χ3n) is 5.25. The van der Waals surface area contributed by atoms with E-state index in [-0.39, 0.29) is 37.4 Å². The molecular formula is C22H21F2N3O3. The number of hydrogen-bond donors (Lipinski definition) is 1. The van der Waals surface area contributed by atoms with Crippen LogP contribution < -0.4 is 0 Å². The second kappa shape index (κ2) is 7.87. The van der Waals surface area contributed by atoms with Crippen LogP contribution in [0.15, 0.2) is 37.0 Å². The lowest BCUT2D eigenvalue weighted by molar-refractivity contribution is -0.0214. The summed E-state index contributed by atoms with van der Waals surface area (Å²) in [6, 6.07) is 6.13. The summed E-state index contributed by atoms with van der Waals surface area (Å²) in [6.07, 6.45) is 1.95. The highest BCUT2D eigenvalue weighted by Crippen LogP contribution is 2.32. The lowest BCUT2D eigenvalue weighted by atomic mass is 10.0. The average molecular weight is 413 g/mol. The molecule has 0 bridgehead atoms. The Morgan fingerprint density at radius 1 is 1.37 bits per heavy atom. The molecule has 4 rings (SSSR count). The Morgan fingerprint density at radius 2 is 2.10 bits per heavy atom. The summed E-state index contributed by atoms with van der Waals surface area (Å²) in [6.45, 7) is 6.19. The number of imidazole rings is 1. The topological polar surface area (TPSA) is 67.1 Å². The summed E-state index contributed by atoms with van der Waals surface area (Å²) in [5.74, 6) is -1.47. The number of nitrogens with zero attached hydrogens (tertiary/aromatic N) is 3. The fourth-order valence-electron chi connectivity index (χ4n) is 3.76. The second-order valence-electron chi connectivity index (χ2n) is 7.33. The second-order valence-corrected chi connectivity index (χ2v) is 7.33.